The van der Waals surface area contributed by atoms with Crippen LogP contribution in [0.25, 0.3) is 0 Å². The minimum absolute atomic E-state index is 0.00116. The monoisotopic (exact) mass is 362 g/mol. The number of hydrogen-bond acceptors (Lipinski definition) is 4. The zero-order valence-corrected chi connectivity index (χ0v) is 13.3. The third-order valence-electron chi connectivity index (χ3n) is 3.55. The maximum absolute atomic E-state index is 12.7. The molecule has 0 spiro atoms. The second-order valence-corrected chi connectivity index (χ2v) is 7.73. The van der Waals surface area contributed by atoms with Gasteiger partial charge in [-0.25, -0.2) is 8.42 Å². The van der Waals surface area contributed by atoms with Crippen LogP contribution in [0.5, 0.6) is 0 Å². The van der Waals surface area contributed by atoms with E-state index in [9.17, 15) is 18.3 Å². The summed E-state index contributed by atoms with van der Waals surface area (Å²) in [5, 5.41) is 9.40. The minimum atomic E-state index is -3.88. The Morgan fingerprint density at radius 2 is 2.15 bits per heavy atom. The number of piperidine rings is 1. The Kier molecular flexibility index (Phi) is 4.17. The quantitative estimate of drug-likeness (QED) is 0.886. The summed E-state index contributed by atoms with van der Waals surface area (Å²) in [5.74, 6) is -1.12. The van der Waals surface area contributed by atoms with Gasteiger partial charge in [0.1, 0.15) is 10.4 Å². The van der Waals surface area contributed by atoms with Gasteiger partial charge in [0.25, 0.3) is 0 Å². The van der Waals surface area contributed by atoms with E-state index in [1.165, 1.54) is 25.4 Å². The van der Waals surface area contributed by atoms with Crippen LogP contribution in [-0.4, -0.2) is 40.9 Å². The summed E-state index contributed by atoms with van der Waals surface area (Å²) in [6.07, 6.45) is 4.38. The molecule has 1 saturated heterocycles. The molecule has 0 aromatic carbocycles. The summed E-state index contributed by atoms with van der Waals surface area (Å²) >= 11 is 3.17. The van der Waals surface area contributed by atoms with Crippen molar-refractivity contribution in [1.29, 1.82) is 0 Å². The van der Waals surface area contributed by atoms with E-state index in [2.05, 4.69) is 20.9 Å². The summed E-state index contributed by atoms with van der Waals surface area (Å²) < 4.78 is 26.9. The summed E-state index contributed by atoms with van der Waals surface area (Å²) in [6.45, 7) is 1.66. The van der Waals surface area contributed by atoms with Crippen LogP contribution in [0.15, 0.2) is 27.8 Å². The lowest BCUT2D eigenvalue weighted by Gasteiger charge is -2.40. The summed E-state index contributed by atoms with van der Waals surface area (Å²) in [7, 11) is -3.88. The molecule has 1 aromatic heterocycles. The Bertz CT molecular complexity index is 634. The molecule has 0 saturated carbocycles. The number of aromatic nitrogens is 1. The highest BCUT2D eigenvalue weighted by molar-refractivity contribution is 9.10. The van der Waals surface area contributed by atoms with Gasteiger partial charge in [-0.05, 0) is 48.2 Å². The van der Waals surface area contributed by atoms with Crippen molar-refractivity contribution in [2.24, 2.45) is 0 Å². The number of carboxylic acid groups (broad SMARTS) is 1. The lowest BCUT2D eigenvalue weighted by atomic mass is 9.91. The molecule has 8 heteroatoms. The standard InChI is InChI=1S/C12H15BrN2O4S/c1-12(11(16)17)4-2-3-5-15(12)20(18,19)10-6-9(13)7-14-8-10/h6-8H,2-5H2,1H3,(H,16,17). The summed E-state index contributed by atoms with van der Waals surface area (Å²) in [4.78, 5) is 15.3. The van der Waals surface area contributed by atoms with Crippen LogP contribution < -0.4 is 0 Å². The lowest BCUT2D eigenvalue weighted by molar-refractivity contribution is -0.149. The Morgan fingerprint density at radius 3 is 2.75 bits per heavy atom. The first-order valence-corrected chi connectivity index (χ1v) is 8.38. The van der Waals surface area contributed by atoms with Gasteiger partial charge in [-0.2, -0.15) is 4.31 Å². The topological polar surface area (TPSA) is 87.6 Å². The molecule has 1 atom stereocenters. The third-order valence-corrected chi connectivity index (χ3v) is 5.97. The molecule has 1 N–H and O–H groups in total. The Morgan fingerprint density at radius 1 is 1.45 bits per heavy atom. The molecule has 6 nitrogen and oxygen atoms in total. The van der Waals surface area contributed by atoms with Crippen molar-refractivity contribution in [3.05, 3.63) is 22.9 Å². The van der Waals surface area contributed by atoms with E-state index in [4.69, 9.17) is 0 Å². The van der Waals surface area contributed by atoms with Crippen LogP contribution in [0.2, 0.25) is 0 Å². The molecule has 1 fully saturated rings. The number of carboxylic acids is 1. The summed E-state index contributed by atoms with van der Waals surface area (Å²) in [5.41, 5.74) is -1.40. The maximum atomic E-state index is 12.7. The van der Waals surface area contributed by atoms with E-state index in [1.807, 2.05) is 0 Å². The molecule has 20 heavy (non-hydrogen) atoms. The largest absolute Gasteiger partial charge is 0.480 e. The van der Waals surface area contributed by atoms with Crippen LogP contribution in [-0.2, 0) is 14.8 Å². The minimum Gasteiger partial charge on any atom is -0.480 e. The van der Waals surface area contributed by atoms with Gasteiger partial charge in [0.15, 0.2) is 0 Å². The fraction of sp³-hybridized carbons (Fsp3) is 0.500. The van der Waals surface area contributed by atoms with Crippen LogP contribution in [0.1, 0.15) is 26.2 Å². The zero-order valence-electron chi connectivity index (χ0n) is 10.9. The number of aliphatic carboxylic acids is 1. The predicted molar refractivity (Wildman–Crippen MR) is 75.7 cm³/mol. The first-order chi connectivity index (χ1) is 9.28. The summed E-state index contributed by atoms with van der Waals surface area (Å²) in [6, 6.07) is 1.43. The van der Waals surface area contributed by atoms with Crippen LogP contribution in [0.3, 0.4) is 0 Å². The molecule has 0 radical (unpaired) electrons. The number of pyridine rings is 1. The molecule has 2 rings (SSSR count). The molecule has 0 aliphatic carbocycles. The van der Waals surface area contributed by atoms with E-state index in [-0.39, 0.29) is 11.4 Å². The Labute approximate surface area is 126 Å². The van der Waals surface area contributed by atoms with Gasteiger partial charge in [0.05, 0.1) is 0 Å². The Hall–Kier alpha value is -0.990. The lowest BCUT2D eigenvalue weighted by Crippen LogP contribution is -2.57. The van der Waals surface area contributed by atoms with Crippen LogP contribution in [0, 0.1) is 0 Å². The van der Waals surface area contributed by atoms with E-state index < -0.39 is 21.5 Å². The number of halogens is 1. The molecule has 1 aliphatic rings. The van der Waals surface area contributed by atoms with Gasteiger partial charge in [0, 0.05) is 23.4 Å². The van der Waals surface area contributed by atoms with Crippen molar-refractivity contribution in [2.45, 2.75) is 36.6 Å². The number of rotatable bonds is 3. The first kappa shape index (κ1) is 15.4. The van der Waals surface area contributed by atoms with Crippen molar-refractivity contribution < 1.29 is 18.3 Å². The van der Waals surface area contributed by atoms with Gasteiger partial charge in [-0.3, -0.25) is 9.78 Å². The molecular formula is C12H15BrN2O4S. The van der Waals surface area contributed by atoms with Crippen molar-refractivity contribution in [2.75, 3.05) is 6.54 Å². The molecule has 2 heterocycles. The van der Waals surface area contributed by atoms with Gasteiger partial charge >= 0.3 is 5.97 Å². The maximum Gasteiger partial charge on any atom is 0.324 e. The molecule has 110 valence electrons. The van der Waals surface area contributed by atoms with Gasteiger partial charge in [0.2, 0.25) is 10.0 Å². The second kappa shape index (κ2) is 5.42. The van der Waals surface area contributed by atoms with Crippen molar-refractivity contribution in [1.82, 2.24) is 9.29 Å². The molecule has 0 amide bonds. The van der Waals surface area contributed by atoms with E-state index in [0.717, 1.165) is 4.31 Å². The average Bonchev–Trinajstić information content (AvgIpc) is 2.39. The third kappa shape index (κ3) is 2.59. The van der Waals surface area contributed by atoms with E-state index >= 15 is 0 Å². The van der Waals surface area contributed by atoms with Crippen molar-refractivity contribution in [3.63, 3.8) is 0 Å². The molecule has 1 unspecified atom stereocenters. The van der Waals surface area contributed by atoms with Crippen molar-refractivity contribution in [3.8, 4) is 0 Å². The highest BCUT2D eigenvalue weighted by Crippen LogP contribution is 2.33. The smallest absolute Gasteiger partial charge is 0.324 e. The molecule has 1 aliphatic heterocycles. The Balaban J connectivity index is 2.49. The second-order valence-electron chi connectivity index (χ2n) is 4.95. The van der Waals surface area contributed by atoms with Crippen LogP contribution >= 0.6 is 15.9 Å². The van der Waals surface area contributed by atoms with Gasteiger partial charge < -0.3 is 5.11 Å². The molecule has 0 bridgehead atoms. The highest BCUT2D eigenvalue weighted by atomic mass is 79.9. The number of nitrogens with zero attached hydrogens (tertiary/aromatic N) is 2. The van der Waals surface area contributed by atoms with E-state index in [1.54, 1.807) is 0 Å². The molecule has 1 aromatic rings. The fourth-order valence-corrected chi connectivity index (χ4v) is 4.67. The molecular weight excluding hydrogens is 348 g/mol. The number of sulfonamides is 1. The van der Waals surface area contributed by atoms with Gasteiger partial charge in [-0.15, -0.1) is 0 Å². The van der Waals surface area contributed by atoms with Crippen LogP contribution in [0.4, 0.5) is 0 Å². The average molecular weight is 363 g/mol. The normalized spacial score (nSPS) is 24.5. The fourth-order valence-electron chi connectivity index (χ4n) is 2.36. The van der Waals surface area contributed by atoms with Crippen molar-refractivity contribution >= 4 is 31.9 Å². The zero-order chi connectivity index (χ0) is 15.0. The SMILES string of the molecule is CC1(C(=O)O)CCCCN1S(=O)(=O)c1cncc(Br)c1. The van der Waals surface area contributed by atoms with E-state index in [0.29, 0.717) is 23.7 Å². The number of carbonyl (C=O) groups is 1. The predicted octanol–water partition coefficient (Wildman–Crippen LogP) is 1.86. The first-order valence-electron chi connectivity index (χ1n) is 6.15. The van der Waals surface area contributed by atoms with Gasteiger partial charge in [-0.1, -0.05) is 0 Å². The highest BCUT2D eigenvalue weighted by Gasteiger charge is 2.47. The number of hydrogen-bond donors (Lipinski definition) is 1.